The summed E-state index contributed by atoms with van der Waals surface area (Å²) in [6, 6.07) is 5.29. The van der Waals surface area contributed by atoms with E-state index in [1.54, 1.807) is 18.2 Å². The molecule has 0 saturated heterocycles. The van der Waals surface area contributed by atoms with E-state index in [0.717, 1.165) is 6.42 Å². The summed E-state index contributed by atoms with van der Waals surface area (Å²) in [5.74, 6) is 0.653. The standard InChI is InChI=1S/C9H8N4O/c1-2-8-11-9-6(12-13-10)4-3-5-7(9)14-8/h3-5H,2H2,1H3. The Balaban J connectivity index is 2.72. The fourth-order valence-electron chi connectivity index (χ4n) is 1.26. The molecule has 0 aliphatic carbocycles. The van der Waals surface area contributed by atoms with Crippen molar-refractivity contribution in [3.05, 3.63) is 34.5 Å². The molecule has 0 N–H and O–H groups in total. The van der Waals surface area contributed by atoms with Crippen molar-refractivity contribution in [1.82, 2.24) is 4.98 Å². The summed E-state index contributed by atoms with van der Waals surface area (Å²) in [7, 11) is 0. The van der Waals surface area contributed by atoms with Gasteiger partial charge in [0.25, 0.3) is 0 Å². The average molecular weight is 188 g/mol. The molecule has 5 heteroatoms. The second-order valence-corrected chi connectivity index (χ2v) is 2.77. The largest absolute Gasteiger partial charge is 0.441 e. The van der Waals surface area contributed by atoms with Crippen molar-refractivity contribution in [3.8, 4) is 0 Å². The molecular formula is C9H8N4O. The molecule has 0 fully saturated rings. The number of rotatable bonds is 2. The lowest BCUT2D eigenvalue weighted by Gasteiger charge is -1.89. The van der Waals surface area contributed by atoms with Crippen LogP contribution in [-0.4, -0.2) is 4.98 Å². The highest BCUT2D eigenvalue weighted by molar-refractivity contribution is 5.84. The highest BCUT2D eigenvalue weighted by Crippen LogP contribution is 2.26. The summed E-state index contributed by atoms with van der Waals surface area (Å²) < 4.78 is 5.41. The van der Waals surface area contributed by atoms with Crippen LogP contribution in [0.1, 0.15) is 12.8 Å². The zero-order valence-corrected chi connectivity index (χ0v) is 7.64. The van der Waals surface area contributed by atoms with Gasteiger partial charge in [-0.25, -0.2) is 4.98 Å². The van der Waals surface area contributed by atoms with E-state index in [2.05, 4.69) is 15.0 Å². The Morgan fingerprint density at radius 2 is 2.43 bits per heavy atom. The number of benzene rings is 1. The van der Waals surface area contributed by atoms with E-state index in [-0.39, 0.29) is 0 Å². The molecule has 2 aromatic rings. The van der Waals surface area contributed by atoms with Crippen molar-refractivity contribution in [2.75, 3.05) is 0 Å². The van der Waals surface area contributed by atoms with E-state index in [4.69, 9.17) is 9.95 Å². The molecule has 1 aromatic heterocycles. The lowest BCUT2D eigenvalue weighted by Crippen LogP contribution is -1.75. The lowest BCUT2D eigenvalue weighted by molar-refractivity contribution is 0.538. The monoisotopic (exact) mass is 188 g/mol. The fraction of sp³-hybridized carbons (Fsp3) is 0.222. The summed E-state index contributed by atoms with van der Waals surface area (Å²) in [6.45, 7) is 1.96. The molecule has 2 rings (SSSR count). The molecule has 0 radical (unpaired) electrons. The SMILES string of the molecule is CCc1nc2c(N=[N+]=[N-])cccc2o1. The van der Waals surface area contributed by atoms with Crippen LogP contribution in [0.5, 0.6) is 0 Å². The maximum Gasteiger partial charge on any atom is 0.195 e. The third kappa shape index (κ3) is 1.30. The van der Waals surface area contributed by atoms with Crippen molar-refractivity contribution in [1.29, 1.82) is 0 Å². The number of aryl methyl sites for hydroxylation is 1. The number of hydrogen-bond acceptors (Lipinski definition) is 3. The van der Waals surface area contributed by atoms with Gasteiger partial charge in [0.05, 0.1) is 5.69 Å². The quantitative estimate of drug-likeness (QED) is 0.411. The summed E-state index contributed by atoms with van der Waals surface area (Å²) >= 11 is 0. The normalized spacial score (nSPS) is 10.1. The molecule has 0 amide bonds. The van der Waals surface area contributed by atoms with Crippen LogP contribution in [0.3, 0.4) is 0 Å². The van der Waals surface area contributed by atoms with Crippen LogP contribution in [-0.2, 0) is 6.42 Å². The number of para-hydroxylation sites is 1. The Morgan fingerprint density at radius 1 is 1.57 bits per heavy atom. The van der Waals surface area contributed by atoms with Crippen molar-refractivity contribution in [2.24, 2.45) is 5.11 Å². The number of fused-ring (bicyclic) bond motifs is 1. The smallest absolute Gasteiger partial charge is 0.195 e. The molecule has 14 heavy (non-hydrogen) atoms. The Labute approximate surface area is 80.0 Å². The van der Waals surface area contributed by atoms with Crippen LogP contribution in [0.4, 0.5) is 5.69 Å². The van der Waals surface area contributed by atoms with Gasteiger partial charge in [0, 0.05) is 11.3 Å². The summed E-state index contributed by atoms with van der Waals surface area (Å²) in [4.78, 5) is 6.95. The Bertz CT molecular complexity index is 511. The van der Waals surface area contributed by atoms with Crippen molar-refractivity contribution < 1.29 is 4.42 Å². The minimum atomic E-state index is 0.508. The van der Waals surface area contributed by atoms with Gasteiger partial charge < -0.3 is 4.42 Å². The molecule has 0 unspecified atom stereocenters. The third-order valence-corrected chi connectivity index (χ3v) is 1.90. The minimum absolute atomic E-state index is 0.508. The molecule has 0 spiro atoms. The number of hydrogen-bond donors (Lipinski definition) is 0. The highest BCUT2D eigenvalue weighted by atomic mass is 16.3. The van der Waals surface area contributed by atoms with Crippen LogP contribution in [0.25, 0.3) is 21.5 Å². The van der Waals surface area contributed by atoms with Gasteiger partial charge >= 0.3 is 0 Å². The van der Waals surface area contributed by atoms with Crippen LogP contribution < -0.4 is 0 Å². The lowest BCUT2D eigenvalue weighted by atomic mass is 10.3. The van der Waals surface area contributed by atoms with Crippen LogP contribution in [0.2, 0.25) is 0 Å². The molecular weight excluding hydrogens is 180 g/mol. The molecule has 70 valence electrons. The van der Waals surface area contributed by atoms with E-state index in [0.29, 0.717) is 22.7 Å². The molecule has 0 bridgehead atoms. The van der Waals surface area contributed by atoms with E-state index in [9.17, 15) is 0 Å². The van der Waals surface area contributed by atoms with Crippen LogP contribution in [0, 0.1) is 0 Å². The second kappa shape index (κ2) is 3.40. The van der Waals surface area contributed by atoms with Gasteiger partial charge in [-0.2, -0.15) is 0 Å². The zero-order valence-electron chi connectivity index (χ0n) is 7.64. The van der Waals surface area contributed by atoms with Gasteiger partial charge in [0.15, 0.2) is 11.5 Å². The van der Waals surface area contributed by atoms with Gasteiger partial charge in [-0.15, -0.1) is 0 Å². The fourth-order valence-corrected chi connectivity index (χ4v) is 1.26. The van der Waals surface area contributed by atoms with Crippen LogP contribution in [0.15, 0.2) is 27.7 Å². The Hall–Kier alpha value is -2.00. The van der Waals surface area contributed by atoms with Gasteiger partial charge in [-0.05, 0) is 11.6 Å². The maximum atomic E-state index is 8.34. The van der Waals surface area contributed by atoms with Gasteiger partial charge in [-0.3, -0.25) is 0 Å². The first-order chi connectivity index (χ1) is 6.85. The van der Waals surface area contributed by atoms with Gasteiger partial charge in [0.1, 0.15) is 5.52 Å². The number of azide groups is 1. The first kappa shape index (κ1) is 8.59. The molecule has 5 nitrogen and oxygen atoms in total. The maximum absolute atomic E-state index is 8.34. The Kier molecular flexibility index (Phi) is 2.08. The first-order valence-corrected chi connectivity index (χ1v) is 4.28. The van der Waals surface area contributed by atoms with Crippen molar-refractivity contribution in [3.63, 3.8) is 0 Å². The first-order valence-electron chi connectivity index (χ1n) is 4.28. The van der Waals surface area contributed by atoms with Gasteiger partial charge in [-0.1, -0.05) is 24.2 Å². The van der Waals surface area contributed by atoms with E-state index >= 15 is 0 Å². The average Bonchev–Trinajstić information content (AvgIpc) is 2.62. The minimum Gasteiger partial charge on any atom is -0.441 e. The molecule has 1 aromatic carbocycles. The second-order valence-electron chi connectivity index (χ2n) is 2.77. The summed E-state index contributed by atoms with van der Waals surface area (Å²) in [5.41, 5.74) is 10.1. The van der Waals surface area contributed by atoms with Crippen LogP contribution >= 0.6 is 0 Å². The van der Waals surface area contributed by atoms with E-state index in [1.165, 1.54) is 0 Å². The number of oxazole rings is 1. The van der Waals surface area contributed by atoms with E-state index in [1.807, 2.05) is 6.92 Å². The number of aromatic nitrogens is 1. The van der Waals surface area contributed by atoms with Crippen molar-refractivity contribution >= 4 is 16.8 Å². The van der Waals surface area contributed by atoms with E-state index < -0.39 is 0 Å². The zero-order chi connectivity index (χ0) is 9.97. The highest BCUT2D eigenvalue weighted by Gasteiger charge is 2.06. The van der Waals surface area contributed by atoms with Gasteiger partial charge in [0.2, 0.25) is 0 Å². The Morgan fingerprint density at radius 3 is 3.14 bits per heavy atom. The predicted octanol–water partition coefficient (Wildman–Crippen LogP) is 3.33. The number of nitrogens with zero attached hydrogens (tertiary/aromatic N) is 4. The predicted molar refractivity (Wildman–Crippen MR) is 52.2 cm³/mol. The molecule has 1 heterocycles. The topological polar surface area (TPSA) is 74.8 Å². The third-order valence-electron chi connectivity index (χ3n) is 1.90. The summed E-state index contributed by atoms with van der Waals surface area (Å²) in [6.07, 6.45) is 0.727. The molecule has 0 aliphatic rings. The summed E-state index contributed by atoms with van der Waals surface area (Å²) in [5, 5.41) is 3.54. The molecule has 0 saturated carbocycles. The molecule has 0 aliphatic heterocycles. The van der Waals surface area contributed by atoms with Crippen molar-refractivity contribution in [2.45, 2.75) is 13.3 Å². The molecule has 0 atom stereocenters.